The van der Waals surface area contributed by atoms with Crippen molar-refractivity contribution < 1.29 is 9.53 Å². The second-order valence-electron chi connectivity index (χ2n) is 7.74. The Morgan fingerprint density at radius 3 is 2.93 bits per heavy atom. The molecule has 1 aromatic carbocycles. The summed E-state index contributed by atoms with van der Waals surface area (Å²) in [5.41, 5.74) is 4.83. The van der Waals surface area contributed by atoms with E-state index >= 15 is 0 Å². The smallest absolute Gasteiger partial charge is 0.255 e. The molecule has 8 heteroatoms. The first-order valence-corrected chi connectivity index (χ1v) is 10.1. The van der Waals surface area contributed by atoms with Crippen LogP contribution in [0.3, 0.4) is 0 Å². The van der Waals surface area contributed by atoms with Crippen molar-refractivity contribution in [3.63, 3.8) is 0 Å². The zero-order valence-electron chi connectivity index (χ0n) is 17.3. The van der Waals surface area contributed by atoms with E-state index in [0.29, 0.717) is 17.0 Å². The lowest BCUT2D eigenvalue weighted by Crippen LogP contribution is -2.13. The molecule has 0 radical (unpaired) electrons. The third-order valence-corrected chi connectivity index (χ3v) is 5.73. The summed E-state index contributed by atoms with van der Waals surface area (Å²) in [6, 6.07) is 7.69. The van der Waals surface area contributed by atoms with Crippen LogP contribution in [0.25, 0.3) is 16.6 Å². The van der Waals surface area contributed by atoms with E-state index in [0.717, 1.165) is 47.3 Å². The van der Waals surface area contributed by atoms with Gasteiger partial charge in [0.25, 0.3) is 5.91 Å². The van der Waals surface area contributed by atoms with Crippen LogP contribution in [0.5, 0.6) is 5.75 Å². The first-order valence-electron chi connectivity index (χ1n) is 10.1. The number of nitrogens with zero attached hydrogens (tertiary/aromatic N) is 4. The molecule has 3 aromatic heterocycles. The van der Waals surface area contributed by atoms with Crippen molar-refractivity contribution in [1.82, 2.24) is 24.5 Å². The maximum Gasteiger partial charge on any atom is 0.255 e. The fraction of sp³-hybridized carbons (Fsp3) is 0.318. The van der Waals surface area contributed by atoms with E-state index in [4.69, 9.17) is 9.72 Å². The van der Waals surface area contributed by atoms with Gasteiger partial charge in [0.15, 0.2) is 11.4 Å². The molecule has 4 aromatic rings. The molecule has 0 bridgehead atoms. The van der Waals surface area contributed by atoms with Crippen molar-refractivity contribution in [2.24, 2.45) is 7.05 Å². The Balaban J connectivity index is 1.47. The standard InChI is InChI=1S/C22H24N6O2/c1-13-16-7-6-14(9-19(16)27(2)26-13)22(29)24-15-10-20(30-3)21-25-18(12-28(21)11-15)17-5-4-8-23-17/h6-7,9-12,17,23H,4-5,8H2,1-3H3,(H,24,29). The number of aromatic nitrogens is 4. The van der Waals surface area contributed by atoms with Gasteiger partial charge in [0, 0.05) is 36.5 Å². The number of fused-ring (bicyclic) bond motifs is 2. The number of carbonyl (C=O) groups excluding carboxylic acids is 1. The van der Waals surface area contributed by atoms with Crippen LogP contribution in [0.1, 0.15) is 40.6 Å². The number of ether oxygens (including phenoxy) is 1. The molecule has 154 valence electrons. The fourth-order valence-electron chi connectivity index (χ4n) is 4.19. The molecule has 1 fully saturated rings. The van der Waals surface area contributed by atoms with Crippen molar-refractivity contribution in [1.29, 1.82) is 0 Å². The second-order valence-corrected chi connectivity index (χ2v) is 7.74. The average Bonchev–Trinajstić information content (AvgIpc) is 3.47. The summed E-state index contributed by atoms with van der Waals surface area (Å²) in [5.74, 6) is 0.435. The minimum atomic E-state index is -0.185. The van der Waals surface area contributed by atoms with Gasteiger partial charge in [-0.05, 0) is 38.4 Å². The first kappa shape index (κ1) is 18.6. The van der Waals surface area contributed by atoms with Gasteiger partial charge in [0.05, 0.1) is 35.7 Å². The molecule has 1 aliphatic rings. The van der Waals surface area contributed by atoms with Crippen LogP contribution in [0.15, 0.2) is 36.7 Å². The van der Waals surface area contributed by atoms with Gasteiger partial charge in [-0.25, -0.2) is 4.98 Å². The van der Waals surface area contributed by atoms with Crippen LogP contribution < -0.4 is 15.4 Å². The van der Waals surface area contributed by atoms with Gasteiger partial charge in [-0.2, -0.15) is 5.10 Å². The largest absolute Gasteiger partial charge is 0.493 e. The lowest BCUT2D eigenvalue weighted by atomic mass is 10.1. The molecule has 2 N–H and O–H groups in total. The number of pyridine rings is 1. The molecule has 4 heterocycles. The van der Waals surface area contributed by atoms with Gasteiger partial charge in [0.1, 0.15) is 0 Å². The van der Waals surface area contributed by atoms with E-state index in [9.17, 15) is 4.79 Å². The number of amides is 1. The van der Waals surface area contributed by atoms with E-state index in [1.807, 2.05) is 49.0 Å². The minimum absolute atomic E-state index is 0.185. The summed E-state index contributed by atoms with van der Waals surface area (Å²) in [7, 11) is 3.49. The number of aryl methyl sites for hydroxylation is 2. The molecule has 1 atom stereocenters. The topological polar surface area (TPSA) is 85.5 Å². The number of hydrogen-bond acceptors (Lipinski definition) is 5. The van der Waals surface area contributed by atoms with Crippen LogP contribution in [-0.2, 0) is 7.05 Å². The third kappa shape index (κ3) is 3.09. The Morgan fingerprint density at radius 2 is 2.17 bits per heavy atom. The molecule has 8 nitrogen and oxygen atoms in total. The molecule has 1 unspecified atom stereocenters. The molecule has 30 heavy (non-hydrogen) atoms. The van der Waals surface area contributed by atoms with Crippen LogP contribution >= 0.6 is 0 Å². The predicted molar refractivity (Wildman–Crippen MR) is 115 cm³/mol. The number of rotatable bonds is 4. The van der Waals surface area contributed by atoms with Gasteiger partial charge in [0.2, 0.25) is 0 Å². The fourth-order valence-corrected chi connectivity index (χ4v) is 4.19. The zero-order valence-corrected chi connectivity index (χ0v) is 17.3. The SMILES string of the molecule is COc1cc(NC(=O)c2ccc3c(C)nn(C)c3c2)cn2cc(C3CCCN3)nc12. The van der Waals surface area contributed by atoms with Crippen molar-refractivity contribution in [2.75, 3.05) is 19.0 Å². The Hall–Kier alpha value is -3.39. The Labute approximate surface area is 173 Å². The molecule has 1 saturated heterocycles. The molecular weight excluding hydrogens is 380 g/mol. The van der Waals surface area contributed by atoms with Crippen molar-refractivity contribution in [2.45, 2.75) is 25.8 Å². The average molecular weight is 404 g/mol. The molecule has 5 rings (SSSR count). The normalized spacial score (nSPS) is 16.4. The lowest BCUT2D eigenvalue weighted by molar-refractivity contribution is 0.102. The van der Waals surface area contributed by atoms with Gasteiger partial charge < -0.3 is 19.8 Å². The number of benzene rings is 1. The number of hydrogen-bond donors (Lipinski definition) is 2. The summed E-state index contributed by atoms with van der Waals surface area (Å²) >= 11 is 0. The number of carbonyl (C=O) groups is 1. The third-order valence-electron chi connectivity index (χ3n) is 5.73. The molecule has 0 saturated carbocycles. The maximum absolute atomic E-state index is 12.9. The first-order chi connectivity index (χ1) is 14.5. The van der Waals surface area contributed by atoms with Gasteiger partial charge in [-0.15, -0.1) is 0 Å². The van der Waals surface area contributed by atoms with Crippen molar-refractivity contribution in [3.8, 4) is 5.75 Å². The number of anilines is 1. The summed E-state index contributed by atoms with van der Waals surface area (Å²) in [6.45, 7) is 2.97. The number of nitrogens with one attached hydrogen (secondary N) is 2. The Morgan fingerprint density at radius 1 is 1.30 bits per heavy atom. The van der Waals surface area contributed by atoms with Gasteiger partial charge >= 0.3 is 0 Å². The summed E-state index contributed by atoms with van der Waals surface area (Å²) < 4.78 is 9.25. The Kier molecular flexibility index (Phi) is 4.43. The van der Waals surface area contributed by atoms with E-state index in [1.54, 1.807) is 17.9 Å². The number of imidazole rings is 1. The molecular formula is C22H24N6O2. The van der Waals surface area contributed by atoms with E-state index in [-0.39, 0.29) is 11.9 Å². The lowest BCUT2D eigenvalue weighted by Gasteiger charge is -2.09. The van der Waals surface area contributed by atoms with Crippen LogP contribution in [-0.4, -0.2) is 38.7 Å². The minimum Gasteiger partial charge on any atom is -0.493 e. The van der Waals surface area contributed by atoms with Crippen LogP contribution in [0, 0.1) is 6.92 Å². The molecule has 1 amide bonds. The highest BCUT2D eigenvalue weighted by Gasteiger charge is 2.21. The number of methoxy groups -OCH3 is 1. The summed E-state index contributed by atoms with van der Waals surface area (Å²) in [6.07, 6.45) is 6.10. The van der Waals surface area contributed by atoms with Crippen LogP contribution in [0.4, 0.5) is 5.69 Å². The van der Waals surface area contributed by atoms with Gasteiger partial charge in [-0.3, -0.25) is 9.48 Å². The second kappa shape index (κ2) is 7.14. The summed E-state index contributed by atoms with van der Waals surface area (Å²) in [5, 5.41) is 11.9. The maximum atomic E-state index is 12.9. The highest BCUT2D eigenvalue weighted by molar-refractivity contribution is 6.06. The van der Waals surface area contributed by atoms with Gasteiger partial charge in [-0.1, -0.05) is 6.07 Å². The van der Waals surface area contributed by atoms with E-state index in [2.05, 4.69) is 15.7 Å². The van der Waals surface area contributed by atoms with Crippen molar-refractivity contribution in [3.05, 3.63) is 53.6 Å². The van der Waals surface area contributed by atoms with Crippen molar-refractivity contribution >= 4 is 28.1 Å². The molecule has 1 aliphatic heterocycles. The Bertz CT molecular complexity index is 1270. The van der Waals surface area contributed by atoms with E-state index < -0.39 is 0 Å². The molecule has 0 aliphatic carbocycles. The monoisotopic (exact) mass is 404 g/mol. The quantitative estimate of drug-likeness (QED) is 0.546. The predicted octanol–water partition coefficient (Wildman–Crippen LogP) is 3.21. The van der Waals surface area contributed by atoms with Crippen LogP contribution in [0.2, 0.25) is 0 Å². The van der Waals surface area contributed by atoms with E-state index in [1.165, 1.54) is 0 Å². The molecule has 0 spiro atoms. The highest BCUT2D eigenvalue weighted by atomic mass is 16.5. The highest BCUT2D eigenvalue weighted by Crippen LogP contribution is 2.29. The zero-order chi connectivity index (χ0) is 20.8. The summed E-state index contributed by atoms with van der Waals surface area (Å²) in [4.78, 5) is 17.7.